The highest BCUT2D eigenvalue weighted by molar-refractivity contribution is 5.89. The molecule has 5 nitrogen and oxygen atoms in total. The minimum Gasteiger partial charge on any atom is -0.500 e. The SMILES string of the molecule is CCCCCCCCn1c(=O)c(O)c(OCCCCCC)c2ccc(N)cc21. The lowest BCUT2D eigenvalue weighted by Crippen LogP contribution is -2.21. The van der Waals surface area contributed by atoms with Gasteiger partial charge in [-0.05, 0) is 31.0 Å². The minimum absolute atomic E-state index is 0.288. The second kappa shape index (κ2) is 11.6. The number of nitrogen functional groups attached to an aromatic ring is 1. The number of aromatic hydroxyl groups is 1. The number of aromatic nitrogens is 1. The van der Waals surface area contributed by atoms with Crippen LogP contribution in [0.25, 0.3) is 10.9 Å². The van der Waals surface area contributed by atoms with Crippen LogP contribution in [-0.4, -0.2) is 16.3 Å². The Kier molecular flexibility index (Phi) is 9.18. The van der Waals surface area contributed by atoms with E-state index in [0.717, 1.165) is 49.4 Å². The second-order valence-corrected chi connectivity index (χ2v) is 7.59. The number of nitrogens with two attached hydrogens (primary N) is 1. The third-order valence-electron chi connectivity index (χ3n) is 5.20. The zero-order chi connectivity index (χ0) is 20.4. The first kappa shape index (κ1) is 22.1. The first-order valence-electron chi connectivity index (χ1n) is 10.9. The van der Waals surface area contributed by atoms with E-state index in [4.69, 9.17) is 10.5 Å². The van der Waals surface area contributed by atoms with Crippen LogP contribution in [0.3, 0.4) is 0 Å². The molecule has 0 aliphatic rings. The van der Waals surface area contributed by atoms with Crippen LogP contribution in [0, 0.1) is 0 Å². The Balaban J connectivity index is 2.20. The predicted octanol–water partition coefficient (Wildman–Crippen LogP) is 5.61. The van der Waals surface area contributed by atoms with E-state index in [1.165, 1.54) is 25.7 Å². The number of ether oxygens (including phenoxy) is 1. The normalized spacial score (nSPS) is 11.2. The summed E-state index contributed by atoms with van der Waals surface area (Å²) in [5.74, 6) is -0.00515. The summed E-state index contributed by atoms with van der Waals surface area (Å²) in [6.45, 7) is 5.43. The monoisotopic (exact) mass is 388 g/mol. The molecule has 2 rings (SSSR count). The van der Waals surface area contributed by atoms with Crippen molar-refractivity contribution in [1.82, 2.24) is 4.57 Å². The number of rotatable bonds is 13. The van der Waals surface area contributed by atoms with Crippen LogP contribution in [0.1, 0.15) is 78.1 Å². The second-order valence-electron chi connectivity index (χ2n) is 7.59. The number of hydrogen-bond acceptors (Lipinski definition) is 4. The molecule has 0 bridgehead atoms. The van der Waals surface area contributed by atoms with E-state index in [1.54, 1.807) is 16.7 Å². The van der Waals surface area contributed by atoms with Gasteiger partial charge in [0.15, 0.2) is 5.75 Å². The van der Waals surface area contributed by atoms with E-state index in [-0.39, 0.29) is 11.5 Å². The van der Waals surface area contributed by atoms with Crippen molar-refractivity contribution in [2.75, 3.05) is 12.3 Å². The summed E-state index contributed by atoms with van der Waals surface area (Å²) in [5, 5.41) is 11.3. The molecule has 0 radical (unpaired) electrons. The molecule has 0 saturated heterocycles. The third kappa shape index (κ3) is 5.91. The maximum absolute atomic E-state index is 12.8. The number of hydrogen-bond donors (Lipinski definition) is 2. The Morgan fingerprint density at radius 1 is 0.964 bits per heavy atom. The Labute approximate surface area is 168 Å². The van der Waals surface area contributed by atoms with Gasteiger partial charge in [0.1, 0.15) is 0 Å². The molecule has 1 aromatic heterocycles. The molecule has 0 spiro atoms. The van der Waals surface area contributed by atoms with Crippen LogP contribution in [-0.2, 0) is 6.54 Å². The van der Waals surface area contributed by atoms with Crippen LogP contribution in [0.4, 0.5) is 5.69 Å². The summed E-state index contributed by atoms with van der Waals surface area (Å²) >= 11 is 0. The van der Waals surface area contributed by atoms with Crippen LogP contribution < -0.4 is 16.0 Å². The number of aryl methyl sites for hydroxylation is 1. The van der Waals surface area contributed by atoms with Crippen molar-refractivity contribution < 1.29 is 9.84 Å². The Morgan fingerprint density at radius 3 is 2.32 bits per heavy atom. The van der Waals surface area contributed by atoms with E-state index >= 15 is 0 Å². The predicted molar refractivity (Wildman–Crippen MR) is 117 cm³/mol. The van der Waals surface area contributed by atoms with Crippen molar-refractivity contribution in [3.63, 3.8) is 0 Å². The molecule has 1 heterocycles. The molecule has 0 unspecified atom stereocenters. The molecule has 28 heavy (non-hydrogen) atoms. The lowest BCUT2D eigenvalue weighted by molar-refractivity contribution is 0.290. The maximum Gasteiger partial charge on any atom is 0.297 e. The van der Waals surface area contributed by atoms with Crippen LogP contribution in [0.2, 0.25) is 0 Å². The highest BCUT2D eigenvalue weighted by atomic mass is 16.5. The van der Waals surface area contributed by atoms with Gasteiger partial charge in [-0.1, -0.05) is 65.2 Å². The average molecular weight is 389 g/mol. The van der Waals surface area contributed by atoms with Crippen molar-refractivity contribution in [3.8, 4) is 11.5 Å². The summed E-state index contributed by atoms with van der Waals surface area (Å²) in [5.41, 5.74) is 6.92. The minimum atomic E-state index is -0.393. The molecule has 0 atom stereocenters. The van der Waals surface area contributed by atoms with E-state index in [0.29, 0.717) is 18.8 Å². The largest absolute Gasteiger partial charge is 0.500 e. The number of unbranched alkanes of at least 4 members (excludes halogenated alkanes) is 8. The average Bonchev–Trinajstić information content (AvgIpc) is 2.69. The number of nitrogens with zero attached hydrogens (tertiary/aromatic N) is 1. The summed E-state index contributed by atoms with van der Waals surface area (Å²) in [7, 11) is 0. The molecule has 0 fully saturated rings. The topological polar surface area (TPSA) is 77.5 Å². The number of benzene rings is 1. The highest BCUT2D eigenvalue weighted by Gasteiger charge is 2.17. The van der Waals surface area contributed by atoms with Crippen molar-refractivity contribution in [3.05, 3.63) is 28.6 Å². The molecule has 5 heteroatoms. The summed E-state index contributed by atoms with van der Waals surface area (Å²) in [4.78, 5) is 12.8. The van der Waals surface area contributed by atoms with Gasteiger partial charge in [0.05, 0.1) is 12.1 Å². The van der Waals surface area contributed by atoms with Gasteiger partial charge in [0.2, 0.25) is 5.75 Å². The Bertz CT molecular complexity index is 799. The van der Waals surface area contributed by atoms with E-state index in [1.807, 2.05) is 6.07 Å². The number of pyridine rings is 1. The summed E-state index contributed by atoms with van der Waals surface area (Å²) in [6, 6.07) is 5.42. The van der Waals surface area contributed by atoms with Gasteiger partial charge in [0.25, 0.3) is 5.56 Å². The van der Waals surface area contributed by atoms with Crippen LogP contribution in [0.5, 0.6) is 11.5 Å². The van der Waals surface area contributed by atoms with Gasteiger partial charge < -0.3 is 20.1 Å². The van der Waals surface area contributed by atoms with Gasteiger partial charge >= 0.3 is 0 Å². The Hall–Kier alpha value is -2.17. The maximum atomic E-state index is 12.8. The standard InChI is InChI=1S/C23H36N2O3/c1-3-5-7-9-10-11-15-25-20-17-18(24)13-14-19(20)22(21(26)23(25)27)28-16-12-8-6-4-2/h13-14,17,26H,3-12,15-16,24H2,1-2H3. The van der Waals surface area contributed by atoms with Crippen molar-refractivity contribution >= 4 is 16.6 Å². The first-order valence-corrected chi connectivity index (χ1v) is 10.9. The smallest absolute Gasteiger partial charge is 0.297 e. The van der Waals surface area contributed by atoms with Gasteiger partial charge in [-0.25, -0.2) is 0 Å². The molecule has 156 valence electrons. The summed E-state index contributed by atoms with van der Waals surface area (Å²) < 4.78 is 7.48. The number of fused-ring (bicyclic) bond motifs is 1. The molecule has 1 aromatic carbocycles. The van der Waals surface area contributed by atoms with Crippen LogP contribution >= 0.6 is 0 Å². The van der Waals surface area contributed by atoms with E-state index < -0.39 is 5.56 Å². The molecule has 0 amide bonds. The fraction of sp³-hybridized carbons (Fsp3) is 0.609. The quantitative estimate of drug-likeness (QED) is 0.345. The first-order chi connectivity index (χ1) is 13.6. The lowest BCUT2D eigenvalue weighted by Gasteiger charge is -2.16. The zero-order valence-electron chi connectivity index (χ0n) is 17.5. The Morgan fingerprint density at radius 2 is 1.61 bits per heavy atom. The van der Waals surface area contributed by atoms with Crippen LogP contribution in [0.15, 0.2) is 23.0 Å². The van der Waals surface area contributed by atoms with Gasteiger partial charge in [-0.15, -0.1) is 0 Å². The van der Waals surface area contributed by atoms with Crippen molar-refractivity contribution in [1.29, 1.82) is 0 Å². The highest BCUT2D eigenvalue weighted by Crippen LogP contribution is 2.33. The van der Waals surface area contributed by atoms with Gasteiger partial charge in [0, 0.05) is 17.6 Å². The zero-order valence-corrected chi connectivity index (χ0v) is 17.5. The molecule has 2 aromatic rings. The molecular weight excluding hydrogens is 352 g/mol. The van der Waals surface area contributed by atoms with Gasteiger partial charge in [-0.3, -0.25) is 4.79 Å². The third-order valence-corrected chi connectivity index (χ3v) is 5.20. The molecule has 0 aliphatic carbocycles. The molecule has 0 aliphatic heterocycles. The van der Waals surface area contributed by atoms with Crippen molar-refractivity contribution in [2.24, 2.45) is 0 Å². The molecule has 3 N–H and O–H groups in total. The lowest BCUT2D eigenvalue weighted by atomic mass is 10.1. The van der Waals surface area contributed by atoms with Gasteiger partial charge in [-0.2, -0.15) is 0 Å². The van der Waals surface area contributed by atoms with Crippen molar-refractivity contribution in [2.45, 2.75) is 84.6 Å². The number of anilines is 1. The van der Waals surface area contributed by atoms with E-state index in [2.05, 4.69) is 13.8 Å². The summed E-state index contributed by atoms with van der Waals surface area (Å²) in [6.07, 6.45) is 11.2. The molecular formula is C23H36N2O3. The fourth-order valence-corrected chi connectivity index (χ4v) is 3.55. The molecule has 0 saturated carbocycles. The van der Waals surface area contributed by atoms with E-state index in [9.17, 15) is 9.90 Å². The fourth-order valence-electron chi connectivity index (χ4n) is 3.55.